The lowest BCUT2D eigenvalue weighted by Gasteiger charge is -2.17. The Labute approximate surface area is 204 Å². The molecule has 1 N–H and O–H groups in total. The third-order valence-corrected chi connectivity index (χ3v) is 6.14. The number of nitrogens with zero attached hydrogens (tertiary/aromatic N) is 2. The molecule has 4 rings (SSSR count). The van der Waals surface area contributed by atoms with Gasteiger partial charge in [-0.3, -0.25) is 9.59 Å². The third-order valence-electron chi connectivity index (χ3n) is 5.89. The van der Waals surface area contributed by atoms with Crippen molar-refractivity contribution in [3.05, 3.63) is 94.0 Å². The van der Waals surface area contributed by atoms with E-state index >= 15 is 0 Å². The van der Waals surface area contributed by atoms with Crippen molar-refractivity contribution in [2.75, 3.05) is 11.4 Å². The smallest absolute Gasteiger partial charge is 0.245 e. The molecule has 34 heavy (non-hydrogen) atoms. The van der Waals surface area contributed by atoms with Crippen LogP contribution in [-0.4, -0.2) is 24.6 Å². The summed E-state index contributed by atoms with van der Waals surface area (Å²) in [6.45, 7) is 4.83. The second kappa shape index (κ2) is 10.5. The second-order valence-corrected chi connectivity index (χ2v) is 8.83. The minimum Gasteiger partial charge on any atom is -0.489 e. The molecule has 7 heteroatoms. The maximum absolute atomic E-state index is 12.5. The normalized spacial score (nSPS) is 15.7. The van der Waals surface area contributed by atoms with E-state index in [2.05, 4.69) is 10.5 Å². The first-order valence-corrected chi connectivity index (χ1v) is 11.4. The summed E-state index contributed by atoms with van der Waals surface area (Å²) in [5, 5.41) is 4.75. The van der Waals surface area contributed by atoms with Crippen LogP contribution in [-0.2, 0) is 16.2 Å². The first kappa shape index (κ1) is 23.5. The molecule has 0 bridgehead atoms. The van der Waals surface area contributed by atoms with Gasteiger partial charge in [-0.15, -0.1) is 0 Å². The van der Waals surface area contributed by atoms with E-state index in [0.29, 0.717) is 18.2 Å². The fraction of sp³-hybridized carbons (Fsp3) is 0.222. The zero-order valence-corrected chi connectivity index (χ0v) is 19.9. The molecule has 174 valence electrons. The SMILES string of the molecule is Cc1ccc(N2C[C@H](C(=O)N/N=C\c3ccc(OCc4ccc(Cl)cc4)cc3)CC2=O)cc1C. The highest BCUT2D eigenvalue weighted by atomic mass is 35.5. The first-order chi connectivity index (χ1) is 16.4. The molecule has 0 unspecified atom stereocenters. The largest absolute Gasteiger partial charge is 0.489 e. The number of hydrazone groups is 1. The average Bonchev–Trinajstić information content (AvgIpc) is 3.23. The number of carbonyl (C=O) groups is 2. The molecule has 0 saturated carbocycles. The van der Waals surface area contributed by atoms with Gasteiger partial charge in [0.15, 0.2) is 0 Å². The Bertz CT molecular complexity index is 1210. The molecular formula is C27H26ClN3O3. The van der Waals surface area contributed by atoms with E-state index in [-0.39, 0.29) is 18.2 Å². The number of ether oxygens (including phenoxy) is 1. The van der Waals surface area contributed by atoms with Gasteiger partial charge in [-0.2, -0.15) is 5.10 Å². The summed E-state index contributed by atoms with van der Waals surface area (Å²) in [6.07, 6.45) is 1.74. The minimum atomic E-state index is -0.435. The second-order valence-electron chi connectivity index (χ2n) is 8.39. The number of carbonyl (C=O) groups excluding carboxylic acids is 2. The fourth-order valence-electron chi connectivity index (χ4n) is 3.69. The molecule has 0 spiro atoms. The van der Waals surface area contributed by atoms with Crippen molar-refractivity contribution >= 4 is 35.3 Å². The summed E-state index contributed by atoms with van der Waals surface area (Å²) in [5.74, 6) is -0.0256. The minimum absolute atomic E-state index is 0.0541. The van der Waals surface area contributed by atoms with E-state index in [4.69, 9.17) is 16.3 Å². The number of halogens is 1. The van der Waals surface area contributed by atoms with E-state index in [1.807, 2.05) is 80.6 Å². The van der Waals surface area contributed by atoms with Crippen molar-refractivity contribution in [3.8, 4) is 5.75 Å². The van der Waals surface area contributed by atoms with Gasteiger partial charge < -0.3 is 9.64 Å². The topological polar surface area (TPSA) is 71.0 Å². The van der Waals surface area contributed by atoms with Gasteiger partial charge in [0.25, 0.3) is 0 Å². The van der Waals surface area contributed by atoms with Crippen molar-refractivity contribution in [2.45, 2.75) is 26.9 Å². The summed E-state index contributed by atoms with van der Waals surface area (Å²) in [6, 6.07) is 20.8. The maximum Gasteiger partial charge on any atom is 0.245 e. The van der Waals surface area contributed by atoms with Crippen LogP contribution in [0.2, 0.25) is 5.02 Å². The number of hydrogen-bond acceptors (Lipinski definition) is 4. The number of nitrogens with one attached hydrogen (secondary N) is 1. The van der Waals surface area contributed by atoms with Crippen molar-refractivity contribution in [3.63, 3.8) is 0 Å². The molecule has 0 aliphatic carbocycles. The van der Waals surface area contributed by atoms with Crippen molar-refractivity contribution in [2.24, 2.45) is 11.0 Å². The van der Waals surface area contributed by atoms with Gasteiger partial charge >= 0.3 is 0 Å². The van der Waals surface area contributed by atoms with Crippen LogP contribution < -0.4 is 15.1 Å². The molecule has 2 amide bonds. The molecule has 1 saturated heterocycles. The molecule has 1 heterocycles. The number of hydrogen-bond donors (Lipinski definition) is 1. The van der Waals surface area contributed by atoms with Crippen LogP contribution in [0, 0.1) is 19.8 Å². The van der Waals surface area contributed by atoms with Crippen LogP contribution in [0.3, 0.4) is 0 Å². The molecule has 0 radical (unpaired) electrons. The molecular weight excluding hydrogens is 450 g/mol. The van der Waals surface area contributed by atoms with Crippen LogP contribution >= 0.6 is 11.6 Å². The lowest BCUT2D eigenvalue weighted by atomic mass is 10.1. The zero-order chi connectivity index (χ0) is 24.1. The Morgan fingerprint density at radius 2 is 1.82 bits per heavy atom. The average molecular weight is 476 g/mol. The molecule has 1 atom stereocenters. The standard InChI is InChI=1S/C27H26ClN3O3/c1-18-3-10-24(13-19(18)2)31-16-22(14-26(31)32)27(33)30-29-15-20-6-11-25(12-7-20)34-17-21-4-8-23(28)9-5-21/h3-13,15,22H,14,16-17H2,1-2H3,(H,30,33)/b29-15-/t22-/m1/s1. The highest BCUT2D eigenvalue weighted by Crippen LogP contribution is 2.27. The molecule has 1 aliphatic rings. The number of anilines is 1. The first-order valence-electron chi connectivity index (χ1n) is 11.1. The highest BCUT2D eigenvalue weighted by molar-refractivity contribution is 6.30. The summed E-state index contributed by atoms with van der Waals surface area (Å²) >= 11 is 5.90. The summed E-state index contributed by atoms with van der Waals surface area (Å²) < 4.78 is 5.77. The quantitative estimate of drug-likeness (QED) is 0.384. The Morgan fingerprint density at radius 1 is 1.09 bits per heavy atom. The molecule has 3 aromatic rings. The molecule has 1 aliphatic heterocycles. The fourth-order valence-corrected chi connectivity index (χ4v) is 3.81. The van der Waals surface area contributed by atoms with Crippen LogP contribution in [0.25, 0.3) is 0 Å². The van der Waals surface area contributed by atoms with E-state index in [0.717, 1.165) is 28.1 Å². The maximum atomic E-state index is 12.5. The van der Waals surface area contributed by atoms with E-state index in [9.17, 15) is 9.59 Å². The van der Waals surface area contributed by atoms with Gasteiger partial charge in [-0.05, 0) is 84.6 Å². The molecule has 6 nitrogen and oxygen atoms in total. The van der Waals surface area contributed by atoms with Crippen LogP contribution in [0.1, 0.15) is 28.7 Å². The van der Waals surface area contributed by atoms with Crippen molar-refractivity contribution < 1.29 is 14.3 Å². The monoisotopic (exact) mass is 475 g/mol. The summed E-state index contributed by atoms with van der Waals surface area (Å²) in [7, 11) is 0. The zero-order valence-electron chi connectivity index (χ0n) is 19.1. The predicted molar refractivity (Wildman–Crippen MR) is 134 cm³/mol. The van der Waals surface area contributed by atoms with Gasteiger partial charge in [0, 0.05) is 23.7 Å². The Kier molecular flexibility index (Phi) is 7.28. The van der Waals surface area contributed by atoms with Crippen LogP contribution in [0.5, 0.6) is 5.75 Å². The molecule has 0 aromatic heterocycles. The van der Waals surface area contributed by atoms with Gasteiger partial charge in [0.1, 0.15) is 12.4 Å². The van der Waals surface area contributed by atoms with E-state index in [1.54, 1.807) is 11.1 Å². The third kappa shape index (κ3) is 5.83. The van der Waals surface area contributed by atoms with Gasteiger partial charge in [0.05, 0.1) is 12.1 Å². The number of amides is 2. The Morgan fingerprint density at radius 3 is 2.53 bits per heavy atom. The lowest BCUT2D eigenvalue weighted by molar-refractivity contribution is -0.126. The predicted octanol–water partition coefficient (Wildman–Crippen LogP) is 5.04. The number of benzene rings is 3. The molecule has 3 aromatic carbocycles. The molecule has 1 fully saturated rings. The Balaban J connectivity index is 1.27. The summed E-state index contributed by atoms with van der Waals surface area (Å²) in [4.78, 5) is 26.7. The van der Waals surface area contributed by atoms with E-state index < -0.39 is 5.92 Å². The van der Waals surface area contributed by atoms with Gasteiger partial charge in [-0.25, -0.2) is 5.43 Å². The van der Waals surface area contributed by atoms with Crippen LogP contribution in [0.15, 0.2) is 71.8 Å². The van der Waals surface area contributed by atoms with Gasteiger partial charge in [0.2, 0.25) is 11.8 Å². The highest BCUT2D eigenvalue weighted by Gasteiger charge is 2.35. The lowest BCUT2D eigenvalue weighted by Crippen LogP contribution is -2.30. The Hall–Kier alpha value is -3.64. The van der Waals surface area contributed by atoms with Crippen LogP contribution in [0.4, 0.5) is 5.69 Å². The van der Waals surface area contributed by atoms with Crippen molar-refractivity contribution in [1.29, 1.82) is 0 Å². The summed E-state index contributed by atoms with van der Waals surface area (Å²) in [5.41, 5.74) is 7.51. The number of rotatable bonds is 7. The van der Waals surface area contributed by atoms with Gasteiger partial charge in [-0.1, -0.05) is 29.8 Å². The van der Waals surface area contributed by atoms with Crippen molar-refractivity contribution in [1.82, 2.24) is 5.43 Å². The number of aryl methyl sites for hydroxylation is 2. The van der Waals surface area contributed by atoms with E-state index in [1.165, 1.54) is 5.56 Å².